The summed E-state index contributed by atoms with van der Waals surface area (Å²) < 4.78 is 2.81. The van der Waals surface area contributed by atoms with Crippen molar-refractivity contribution in [3.8, 4) is 0 Å². The molecule has 1 aromatic carbocycles. The van der Waals surface area contributed by atoms with Gasteiger partial charge in [-0.1, -0.05) is 24.4 Å². The molecule has 0 spiro atoms. The van der Waals surface area contributed by atoms with E-state index in [1.165, 1.54) is 9.13 Å². The lowest BCUT2D eigenvalue weighted by atomic mass is 9.89. The van der Waals surface area contributed by atoms with E-state index in [9.17, 15) is 19.2 Å². The van der Waals surface area contributed by atoms with Crippen LogP contribution in [0.3, 0.4) is 0 Å². The first kappa shape index (κ1) is 19.8. The summed E-state index contributed by atoms with van der Waals surface area (Å²) in [6.45, 7) is 1.70. The van der Waals surface area contributed by atoms with E-state index in [-0.39, 0.29) is 39.2 Å². The van der Waals surface area contributed by atoms with Gasteiger partial charge in [0.05, 0.1) is 16.5 Å². The highest BCUT2D eigenvalue weighted by Gasteiger charge is 2.29. The van der Waals surface area contributed by atoms with Gasteiger partial charge in [0, 0.05) is 30.1 Å². The molecule has 29 heavy (non-hydrogen) atoms. The van der Waals surface area contributed by atoms with Crippen LogP contribution >= 0.6 is 11.6 Å². The predicted molar refractivity (Wildman–Crippen MR) is 112 cm³/mol. The maximum Gasteiger partial charge on any atom is 0.331 e. The van der Waals surface area contributed by atoms with Gasteiger partial charge in [0.1, 0.15) is 0 Å². The molecule has 0 aliphatic heterocycles. The number of carbonyl (C=O) groups excluding carboxylic acids is 2. The fourth-order valence-electron chi connectivity index (χ4n) is 4.64. The Morgan fingerprint density at radius 1 is 1.07 bits per heavy atom. The number of benzene rings is 1. The SMILES string of the molecule is Cc1c(C(=O)C2=C(Cl)CCCC2=O)ccc2c1c(=O)n(C1CCCC1)c(=O)n2C. The van der Waals surface area contributed by atoms with Gasteiger partial charge in [-0.05, 0) is 50.3 Å². The summed E-state index contributed by atoms with van der Waals surface area (Å²) in [4.78, 5) is 51.6. The number of hydrogen-bond acceptors (Lipinski definition) is 4. The normalized spacial score (nSPS) is 18.1. The van der Waals surface area contributed by atoms with Crippen molar-refractivity contribution in [1.82, 2.24) is 9.13 Å². The molecule has 0 unspecified atom stereocenters. The number of rotatable bonds is 3. The highest BCUT2D eigenvalue weighted by Crippen LogP contribution is 2.31. The van der Waals surface area contributed by atoms with E-state index in [2.05, 4.69) is 0 Å². The molecule has 4 rings (SSSR count). The predicted octanol–water partition coefficient (Wildman–Crippen LogP) is 3.55. The van der Waals surface area contributed by atoms with Gasteiger partial charge >= 0.3 is 5.69 Å². The Hall–Kier alpha value is -2.47. The lowest BCUT2D eigenvalue weighted by Crippen LogP contribution is -2.41. The van der Waals surface area contributed by atoms with E-state index in [4.69, 9.17) is 11.6 Å². The molecule has 0 bridgehead atoms. The molecule has 0 atom stereocenters. The highest BCUT2D eigenvalue weighted by atomic mass is 35.5. The lowest BCUT2D eigenvalue weighted by molar-refractivity contribution is -0.115. The average molecular weight is 415 g/mol. The molecule has 6 nitrogen and oxygen atoms in total. The largest absolute Gasteiger partial charge is 0.331 e. The zero-order valence-corrected chi connectivity index (χ0v) is 17.3. The quantitative estimate of drug-likeness (QED) is 0.568. The minimum Gasteiger partial charge on any atom is -0.296 e. The second kappa shape index (κ2) is 7.41. The number of nitrogens with zero attached hydrogens (tertiary/aromatic N) is 2. The van der Waals surface area contributed by atoms with Gasteiger partial charge in [0.15, 0.2) is 11.6 Å². The summed E-state index contributed by atoms with van der Waals surface area (Å²) in [5.74, 6) is -0.700. The van der Waals surface area contributed by atoms with Gasteiger partial charge in [-0.25, -0.2) is 4.79 Å². The van der Waals surface area contributed by atoms with E-state index in [0.717, 1.165) is 25.7 Å². The van der Waals surface area contributed by atoms with Gasteiger partial charge in [0.25, 0.3) is 5.56 Å². The summed E-state index contributed by atoms with van der Waals surface area (Å²) >= 11 is 6.21. The standard InChI is InChI=1S/C22H23ClN2O4/c1-12-14(20(27)19-15(23)8-5-9-17(19)26)10-11-16-18(12)21(28)25(22(29)24(16)2)13-6-3-4-7-13/h10-11,13H,3-9H2,1-2H3. The molecule has 2 aromatic rings. The lowest BCUT2D eigenvalue weighted by Gasteiger charge is -2.19. The van der Waals surface area contributed by atoms with Crippen LogP contribution in [0.1, 0.15) is 66.9 Å². The fraction of sp³-hybridized carbons (Fsp3) is 0.455. The van der Waals surface area contributed by atoms with Crippen molar-refractivity contribution in [3.63, 3.8) is 0 Å². The third-order valence-corrected chi connectivity index (χ3v) is 6.62. The van der Waals surface area contributed by atoms with Crippen LogP contribution in [0.15, 0.2) is 32.3 Å². The van der Waals surface area contributed by atoms with Gasteiger partial charge < -0.3 is 0 Å². The van der Waals surface area contributed by atoms with E-state index in [0.29, 0.717) is 35.7 Å². The molecule has 1 aromatic heterocycles. The molecule has 0 radical (unpaired) electrons. The number of aryl methyl sites for hydroxylation is 2. The smallest absolute Gasteiger partial charge is 0.296 e. The topological polar surface area (TPSA) is 78.1 Å². The van der Waals surface area contributed by atoms with Crippen LogP contribution in [-0.2, 0) is 11.8 Å². The fourth-order valence-corrected chi connectivity index (χ4v) is 4.96. The maximum atomic E-state index is 13.3. The molecule has 0 saturated heterocycles. The molecular weight excluding hydrogens is 392 g/mol. The molecule has 0 N–H and O–H groups in total. The Balaban J connectivity index is 1.96. The Labute approximate surface area is 172 Å². The highest BCUT2D eigenvalue weighted by molar-refractivity contribution is 6.39. The number of allylic oxidation sites excluding steroid dienone is 2. The first-order chi connectivity index (χ1) is 13.8. The first-order valence-electron chi connectivity index (χ1n) is 10.0. The van der Waals surface area contributed by atoms with Crippen molar-refractivity contribution in [3.05, 3.63) is 54.7 Å². The zero-order valence-electron chi connectivity index (χ0n) is 16.6. The Morgan fingerprint density at radius 2 is 1.76 bits per heavy atom. The third-order valence-electron chi connectivity index (χ3n) is 6.24. The molecule has 152 valence electrons. The Kier molecular flexibility index (Phi) is 5.07. The van der Waals surface area contributed by atoms with Crippen LogP contribution < -0.4 is 11.2 Å². The van der Waals surface area contributed by atoms with Crippen LogP contribution in [0.4, 0.5) is 0 Å². The van der Waals surface area contributed by atoms with Gasteiger partial charge in [0.2, 0.25) is 0 Å². The van der Waals surface area contributed by atoms with Crippen LogP contribution in [-0.4, -0.2) is 20.7 Å². The molecule has 2 aliphatic rings. The van der Waals surface area contributed by atoms with Crippen molar-refractivity contribution in [2.75, 3.05) is 0 Å². The molecule has 1 heterocycles. The van der Waals surface area contributed by atoms with Crippen molar-refractivity contribution in [2.24, 2.45) is 7.05 Å². The Morgan fingerprint density at radius 3 is 2.41 bits per heavy atom. The molecule has 2 aliphatic carbocycles. The molecule has 0 amide bonds. The number of hydrogen-bond donors (Lipinski definition) is 0. The molecule has 7 heteroatoms. The van der Waals surface area contributed by atoms with Crippen LogP contribution in [0.25, 0.3) is 10.9 Å². The average Bonchev–Trinajstić information content (AvgIpc) is 3.20. The van der Waals surface area contributed by atoms with Crippen LogP contribution in [0.5, 0.6) is 0 Å². The number of fused-ring (bicyclic) bond motifs is 1. The minimum atomic E-state index is -0.445. The summed E-state index contributed by atoms with van der Waals surface area (Å²) in [6, 6.07) is 3.08. The molecule has 1 fully saturated rings. The van der Waals surface area contributed by atoms with E-state index < -0.39 is 5.78 Å². The maximum absolute atomic E-state index is 13.3. The van der Waals surface area contributed by atoms with E-state index in [1.54, 1.807) is 26.1 Å². The van der Waals surface area contributed by atoms with Crippen molar-refractivity contribution < 1.29 is 9.59 Å². The van der Waals surface area contributed by atoms with E-state index in [1.807, 2.05) is 0 Å². The van der Waals surface area contributed by atoms with Gasteiger partial charge in [-0.2, -0.15) is 0 Å². The first-order valence-corrected chi connectivity index (χ1v) is 10.4. The second-order valence-corrected chi connectivity index (χ2v) is 8.43. The third kappa shape index (κ3) is 3.10. The number of ketones is 2. The number of halogens is 1. The van der Waals surface area contributed by atoms with Crippen LogP contribution in [0.2, 0.25) is 0 Å². The van der Waals surface area contributed by atoms with Crippen molar-refractivity contribution >= 4 is 34.1 Å². The monoisotopic (exact) mass is 414 g/mol. The van der Waals surface area contributed by atoms with Crippen molar-refractivity contribution in [1.29, 1.82) is 0 Å². The number of Topliss-reactive ketones (excluding diaryl/α,β-unsaturated/α-hetero) is 2. The summed E-state index contributed by atoms with van der Waals surface area (Å²) in [5.41, 5.74) is 0.586. The Bertz CT molecular complexity index is 1200. The van der Waals surface area contributed by atoms with E-state index >= 15 is 0 Å². The van der Waals surface area contributed by atoms with Gasteiger partial charge in [-0.3, -0.25) is 23.5 Å². The number of aromatic nitrogens is 2. The van der Waals surface area contributed by atoms with Gasteiger partial charge in [-0.15, -0.1) is 0 Å². The summed E-state index contributed by atoms with van der Waals surface area (Å²) in [6.07, 6.45) is 5.02. The molecular formula is C22H23ClN2O4. The summed E-state index contributed by atoms with van der Waals surface area (Å²) in [7, 11) is 1.64. The zero-order chi connectivity index (χ0) is 20.9. The van der Waals surface area contributed by atoms with Crippen LogP contribution in [0, 0.1) is 6.92 Å². The number of carbonyl (C=O) groups is 2. The summed E-state index contributed by atoms with van der Waals surface area (Å²) in [5, 5.41) is 0.638. The van der Waals surface area contributed by atoms with Crippen molar-refractivity contribution in [2.45, 2.75) is 57.9 Å². The minimum absolute atomic E-state index is 0.0290. The second-order valence-electron chi connectivity index (χ2n) is 7.97. The molecule has 1 saturated carbocycles.